The zero-order valence-electron chi connectivity index (χ0n) is 46.1. The van der Waals surface area contributed by atoms with Crippen molar-refractivity contribution in [3.63, 3.8) is 0 Å². The molecule has 1 heterocycles. The Bertz CT molecular complexity index is 2170. The number of nitrogens with one attached hydrogen (secondary N) is 10. The zero-order chi connectivity index (χ0) is 58.8. The summed E-state index contributed by atoms with van der Waals surface area (Å²) >= 11 is 0. The normalized spacial score (nSPS) is 24.8. The summed E-state index contributed by atoms with van der Waals surface area (Å²) < 4.78 is 0. The van der Waals surface area contributed by atoms with E-state index in [2.05, 4.69) is 53.2 Å². The van der Waals surface area contributed by atoms with Crippen LogP contribution < -0.4 is 81.8 Å². The third-order valence-electron chi connectivity index (χ3n) is 13.8. The molecule has 1 aromatic rings. The van der Waals surface area contributed by atoms with Crippen LogP contribution in [-0.4, -0.2) is 175 Å². The second-order valence-corrected chi connectivity index (χ2v) is 20.9. The lowest BCUT2D eigenvalue weighted by molar-refractivity contribution is -0.136. The van der Waals surface area contributed by atoms with Gasteiger partial charge < -0.3 is 92.0 Å². The number of carbonyl (C=O) groups excluding carboxylic acids is 10. The van der Waals surface area contributed by atoms with Gasteiger partial charge >= 0.3 is 0 Å². The van der Waals surface area contributed by atoms with Crippen LogP contribution in [0.5, 0.6) is 0 Å². The minimum atomic E-state index is -1.66. The standard InChI is InChI=1S/C52H89N15O12/c1-28(2)25-39-49(76)61-34(15-20-53)44(71)60-37(18-23-56)48(75)67-42(29(3)68)51(78)58-24-19-38(47(74)59-35(16-21-54)46(73)65-40(50(77)64-39)26-31-11-7-5-8-12-31)62-45(72)36(17-22-55)63-52(79)43(30(4)69)66-41(70)27-33(57)32-13-9-6-10-14-32/h5,7-8,11-12,28-30,32-40,42-43,68-69H,6,9-10,13-27,53-57H2,1-4H3,(H,58,78)(H,59,74)(H,60,71)(H,61,76)(H,62,72)(H,63,79)(H,64,77)(H,65,73)(H,66,70)(H,67,75)/t29?,30?,33?,34-,35-,36-,37-,38-,39-,40+,42-,43-/m0/s1. The number of nitrogens with two attached hydrogens (primary N) is 5. The topological polar surface area (TPSA) is 462 Å². The van der Waals surface area contributed by atoms with Gasteiger partial charge in [0.2, 0.25) is 59.1 Å². The quantitative estimate of drug-likeness (QED) is 0.0515. The van der Waals surface area contributed by atoms with E-state index in [1.165, 1.54) is 13.8 Å². The predicted octanol–water partition coefficient (Wildman–Crippen LogP) is -5.39. The Hall–Kier alpha value is -6.36. The Balaban J connectivity index is 2.08. The van der Waals surface area contributed by atoms with Crippen LogP contribution in [-0.2, 0) is 54.4 Å². The van der Waals surface area contributed by atoms with Crippen LogP contribution in [0.4, 0.5) is 0 Å². The summed E-state index contributed by atoms with van der Waals surface area (Å²) in [4.78, 5) is 140. The minimum absolute atomic E-state index is 0.0591. The van der Waals surface area contributed by atoms with Gasteiger partial charge in [0.15, 0.2) is 0 Å². The third kappa shape index (κ3) is 22.7. The van der Waals surface area contributed by atoms with E-state index in [1.807, 2.05) is 0 Å². The number of benzene rings is 1. The molecule has 10 amide bonds. The van der Waals surface area contributed by atoms with Gasteiger partial charge in [0, 0.05) is 25.4 Å². The minimum Gasteiger partial charge on any atom is -0.391 e. The van der Waals surface area contributed by atoms with Crippen LogP contribution in [0.15, 0.2) is 30.3 Å². The number of aliphatic hydroxyl groups is 2. The van der Waals surface area contributed by atoms with Gasteiger partial charge in [-0.05, 0) is 109 Å². The first-order valence-electron chi connectivity index (χ1n) is 27.5. The highest BCUT2D eigenvalue weighted by molar-refractivity contribution is 5.99. The smallest absolute Gasteiger partial charge is 0.245 e. The molecule has 1 aliphatic heterocycles. The van der Waals surface area contributed by atoms with Crippen LogP contribution in [0.2, 0.25) is 0 Å². The first-order chi connectivity index (χ1) is 37.5. The van der Waals surface area contributed by atoms with Crippen molar-refractivity contribution in [1.29, 1.82) is 0 Å². The molecule has 3 unspecified atom stereocenters. The van der Waals surface area contributed by atoms with Gasteiger partial charge in [0.25, 0.3) is 0 Å². The lowest BCUT2D eigenvalue weighted by Gasteiger charge is -2.29. The molecule has 1 saturated heterocycles. The number of hydrogen-bond acceptors (Lipinski definition) is 17. The number of rotatable bonds is 22. The van der Waals surface area contributed by atoms with Crippen molar-refractivity contribution < 1.29 is 58.2 Å². The SMILES string of the molecule is CC(C)C[C@@H]1NC(=O)[C@@H](Cc2ccccc2)NC(=O)[C@H](CCN)NC(=O)[C@@H](NC(=O)[C@H](CCN)NC(=O)[C@@H](NC(=O)CC(N)C2CCCCC2)C(C)O)CCNC(=O)[C@H](C(C)O)NC(=O)[C@H](CCN)NC(=O)[C@H](CCN)NC1=O. The van der Waals surface area contributed by atoms with Crippen LogP contribution in [0, 0.1) is 11.8 Å². The second kappa shape index (κ2) is 34.6. The molecule has 3 rings (SSSR count). The van der Waals surface area contributed by atoms with Crippen molar-refractivity contribution in [2.24, 2.45) is 40.5 Å². The summed E-state index contributed by atoms with van der Waals surface area (Å²) in [6, 6.07) is -5.07. The lowest BCUT2D eigenvalue weighted by atomic mass is 9.83. The molecule has 0 spiro atoms. The van der Waals surface area contributed by atoms with E-state index in [-0.39, 0.29) is 83.0 Å². The fraction of sp³-hybridized carbons (Fsp3) is 0.692. The molecular weight excluding hydrogens is 1030 g/mol. The Morgan fingerprint density at radius 3 is 1.63 bits per heavy atom. The molecule has 79 heavy (non-hydrogen) atoms. The predicted molar refractivity (Wildman–Crippen MR) is 292 cm³/mol. The number of hydrogen-bond donors (Lipinski definition) is 17. The highest BCUT2D eigenvalue weighted by Gasteiger charge is 2.37. The van der Waals surface area contributed by atoms with Crippen molar-refractivity contribution in [2.75, 3.05) is 32.7 Å². The number of carbonyl (C=O) groups is 10. The Morgan fingerprint density at radius 1 is 0.608 bits per heavy atom. The molecule has 0 bridgehead atoms. The van der Waals surface area contributed by atoms with E-state index in [1.54, 1.807) is 44.2 Å². The summed E-state index contributed by atoms with van der Waals surface area (Å²) in [7, 11) is 0. The first kappa shape index (κ1) is 66.9. The maximum atomic E-state index is 14.5. The molecule has 27 nitrogen and oxygen atoms in total. The molecule has 2 fully saturated rings. The summed E-state index contributed by atoms with van der Waals surface area (Å²) in [6.45, 7) is 5.05. The largest absolute Gasteiger partial charge is 0.391 e. The van der Waals surface area contributed by atoms with Crippen molar-refractivity contribution >= 4 is 59.1 Å². The van der Waals surface area contributed by atoms with Crippen molar-refractivity contribution in [2.45, 2.75) is 184 Å². The van der Waals surface area contributed by atoms with Gasteiger partial charge in [0.1, 0.15) is 54.4 Å². The van der Waals surface area contributed by atoms with Gasteiger partial charge in [0.05, 0.1) is 12.2 Å². The van der Waals surface area contributed by atoms with E-state index in [0.717, 1.165) is 32.1 Å². The fourth-order valence-corrected chi connectivity index (χ4v) is 9.36. The van der Waals surface area contributed by atoms with Gasteiger partial charge in [-0.15, -0.1) is 0 Å². The van der Waals surface area contributed by atoms with Crippen molar-refractivity contribution in [3.8, 4) is 0 Å². The van der Waals surface area contributed by atoms with E-state index in [9.17, 15) is 58.2 Å². The lowest BCUT2D eigenvalue weighted by Crippen LogP contribution is -2.61. The molecule has 12 atom stereocenters. The van der Waals surface area contributed by atoms with E-state index in [4.69, 9.17) is 28.7 Å². The number of amides is 10. The Labute approximate surface area is 462 Å². The highest BCUT2D eigenvalue weighted by atomic mass is 16.3. The van der Waals surface area contributed by atoms with Crippen LogP contribution in [0.3, 0.4) is 0 Å². The van der Waals surface area contributed by atoms with Crippen molar-refractivity contribution in [3.05, 3.63) is 35.9 Å². The van der Waals surface area contributed by atoms with Gasteiger partial charge in [-0.25, -0.2) is 0 Å². The monoisotopic (exact) mass is 1120 g/mol. The summed E-state index contributed by atoms with van der Waals surface area (Å²) in [5, 5.41) is 47.1. The van der Waals surface area contributed by atoms with Gasteiger partial charge in [-0.1, -0.05) is 63.4 Å². The molecule has 0 radical (unpaired) electrons. The molecule has 1 aliphatic carbocycles. The summed E-state index contributed by atoms with van der Waals surface area (Å²) in [5.41, 5.74) is 30.5. The summed E-state index contributed by atoms with van der Waals surface area (Å²) in [5.74, 6) is -8.86. The molecule has 1 saturated carbocycles. The molecular formula is C52H89N15O12. The second-order valence-electron chi connectivity index (χ2n) is 20.9. The molecule has 1 aromatic carbocycles. The van der Waals surface area contributed by atoms with Gasteiger partial charge in [-0.2, -0.15) is 0 Å². The average Bonchev–Trinajstić information content (AvgIpc) is 3.40. The molecule has 444 valence electrons. The molecule has 27 heteroatoms. The maximum Gasteiger partial charge on any atom is 0.245 e. The number of aliphatic hydroxyl groups excluding tert-OH is 2. The molecule has 22 N–H and O–H groups in total. The van der Waals surface area contributed by atoms with E-state index >= 15 is 0 Å². The Morgan fingerprint density at radius 2 is 1.11 bits per heavy atom. The van der Waals surface area contributed by atoms with Crippen LogP contribution in [0.1, 0.15) is 110 Å². The van der Waals surface area contributed by atoms with Crippen LogP contribution >= 0.6 is 0 Å². The van der Waals surface area contributed by atoms with Crippen molar-refractivity contribution in [1.82, 2.24) is 53.2 Å². The van der Waals surface area contributed by atoms with E-state index < -0.39 is 145 Å². The maximum absolute atomic E-state index is 14.5. The first-order valence-corrected chi connectivity index (χ1v) is 27.5. The van der Waals surface area contributed by atoms with E-state index in [0.29, 0.717) is 5.56 Å². The average molecular weight is 1120 g/mol. The molecule has 0 aromatic heterocycles. The Kier molecular flexibility index (Phi) is 29.3. The van der Waals surface area contributed by atoms with Gasteiger partial charge in [-0.3, -0.25) is 47.9 Å². The fourth-order valence-electron chi connectivity index (χ4n) is 9.36. The zero-order valence-corrected chi connectivity index (χ0v) is 46.1. The summed E-state index contributed by atoms with van der Waals surface area (Å²) in [6.07, 6.45) is 0.508. The third-order valence-corrected chi connectivity index (χ3v) is 13.8. The van der Waals surface area contributed by atoms with Crippen LogP contribution in [0.25, 0.3) is 0 Å². The molecule has 2 aliphatic rings. The highest BCUT2D eigenvalue weighted by Crippen LogP contribution is 2.27.